The van der Waals surface area contributed by atoms with Crippen molar-refractivity contribution >= 4 is 27.6 Å². The number of benzene rings is 3. The summed E-state index contributed by atoms with van der Waals surface area (Å²) in [6.07, 6.45) is 0. The van der Waals surface area contributed by atoms with Crippen LogP contribution in [0.1, 0.15) is 11.1 Å². The van der Waals surface area contributed by atoms with Gasteiger partial charge in [0, 0.05) is 17.1 Å². The topological polar surface area (TPSA) is 86.1 Å². The highest BCUT2D eigenvalue weighted by molar-refractivity contribution is 7.90. The third-order valence-electron chi connectivity index (χ3n) is 4.84. The molecule has 0 saturated carbocycles. The van der Waals surface area contributed by atoms with Crippen molar-refractivity contribution in [2.75, 3.05) is 12.4 Å². The molecule has 164 valence electrons. The molecule has 1 aromatic heterocycles. The predicted molar refractivity (Wildman–Crippen MR) is 125 cm³/mol. The molecule has 0 aliphatic carbocycles. The molecule has 4 aromatic rings. The van der Waals surface area contributed by atoms with E-state index in [4.69, 9.17) is 16.3 Å². The summed E-state index contributed by atoms with van der Waals surface area (Å²) in [7, 11) is -2.38. The van der Waals surface area contributed by atoms with Crippen LogP contribution in [0.2, 0.25) is 5.02 Å². The van der Waals surface area contributed by atoms with Crippen LogP contribution >= 0.6 is 11.6 Å². The minimum atomic E-state index is -3.96. The number of methoxy groups -OCH3 is 1. The van der Waals surface area contributed by atoms with E-state index in [9.17, 15) is 8.42 Å². The number of ether oxygens (including phenoxy) is 1. The molecular weight excluding hydrogens is 448 g/mol. The average molecular weight is 469 g/mol. The number of nitrogens with one attached hydrogen (secondary N) is 1. The summed E-state index contributed by atoms with van der Waals surface area (Å²) < 4.78 is 32.8. The molecule has 0 radical (unpaired) electrons. The number of nitrogens with zero attached hydrogens (tertiary/aromatic N) is 3. The lowest BCUT2D eigenvalue weighted by molar-refractivity contribution is 0.415. The first-order valence-corrected chi connectivity index (χ1v) is 11.6. The number of aromatic nitrogens is 3. The Morgan fingerprint density at radius 2 is 1.62 bits per heavy atom. The van der Waals surface area contributed by atoms with Crippen molar-refractivity contribution in [2.45, 2.75) is 18.4 Å². The maximum absolute atomic E-state index is 13.4. The van der Waals surface area contributed by atoms with E-state index >= 15 is 0 Å². The van der Waals surface area contributed by atoms with Crippen molar-refractivity contribution < 1.29 is 13.2 Å². The van der Waals surface area contributed by atoms with E-state index in [1.165, 1.54) is 0 Å². The number of anilines is 1. The zero-order valence-electron chi connectivity index (χ0n) is 17.5. The smallest absolute Gasteiger partial charge is 0.286 e. The van der Waals surface area contributed by atoms with Gasteiger partial charge in [-0.05, 0) is 61.0 Å². The molecule has 4 rings (SSSR count). The van der Waals surface area contributed by atoms with Gasteiger partial charge in [-0.15, -0.1) is 9.19 Å². The molecule has 0 aliphatic rings. The molecule has 3 aromatic carbocycles. The zero-order valence-corrected chi connectivity index (χ0v) is 19.1. The second-order valence-electron chi connectivity index (χ2n) is 7.13. The van der Waals surface area contributed by atoms with Crippen LogP contribution < -0.4 is 10.1 Å². The molecule has 1 N–H and O–H groups in total. The molecule has 0 amide bonds. The summed E-state index contributed by atoms with van der Waals surface area (Å²) in [5.41, 5.74) is 2.54. The molecule has 0 unspecified atom stereocenters. The number of hydrogen-bond acceptors (Lipinski definition) is 6. The minimum Gasteiger partial charge on any atom is -0.497 e. The highest BCUT2D eigenvalue weighted by Gasteiger charge is 2.24. The molecule has 0 bridgehead atoms. The first kappa shape index (κ1) is 21.9. The van der Waals surface area contributed by atoms with Gasteiger partial charge in [-0.1, -0.05) is 41.4 Å². The Bertz CT molecular complexity index is 1320. The second-order valence-corrected chi connectivity index (χ2v) is 9.33. The van der Waals surface area contributed by atoms with E-state index in [0.29, 0.717) is 22.9 Å². The summed E-state index contributed by atoms with van der Waals surface area (Å²) in [6, 6.07) is 21.0. The largest absolute Gasteiger partial charge is 0.497 e. The first-order valence-electron chi connectivity index (χ1n) is 9.79. The first-order chi connectivity index (χ1) is 15.4. The molecule has 7 nitrogen and oxygen atoms in total. The molecule has 9 heteroatoms. The highest BCUT2D eigenvalue weighted by Crippen LogP contribution is 2.25. The Hall–Kier alpha value is -3.36. The van der Waals surface area contributed by atoms with Crippen LogP contribution in [-0.2, 0) is 16.6 Å². The summed E-state index contributed by atoms with van der Waals surface area (Å²) in [5.74, 6) is 1.08. The van der Waals surface area contributed by atoms with Crippen LogP contribution in [0.15, 0.2) is 77.7 Å². The van der Waals surface area contributed by atoms with E-state index < -0.39 is 10.0 Å². The molecule has 0 fully saturated rings. The number of halogens is 1. The van der Waals surface area contributed by atoms with Crippen molar-refractivity contribution in [3.05, 3.63) is 88.9 Å². The van der Waals surface area contributed by atoms with Gasteiger partial charge in [-0.25, -0.2) is 0 Å². The van der Waals surface area contributed by atoms with Crippen molar-refractivity contribution in [2.24, 2.45) is 0 Å². The van der Waals surface area contributed by atoms with Gasteiger partial charge in [0.15, 0.2) is 5.82 Å². The Kier molecular flexibility index (Phi) is 6.16. The third kappa shape index (κ3) is 4.61. The Balaban J connectivity index is 1.74. The van der Waals surface area contributed by atoms with Crippen molar-refractivity contribution in [1.29, 1.82) is 0 Å². The second kappa shape index (κ2) is 9.02. The van der Waals surface area contributed by atoms with E-state index in [0.717, 1.165) is 15.2 Å². The number of aryl methyl sites for hydroxylation is 1. The fraction of sp³-hybridized carbons (Fsp3) is 0.130. The monoisotopic (exact) mass is 468 g/mol. The summed E-state index contributed by atoms with van der Waals surface area (Å²) in [4.78, 5) is 4.60. The van der Waals surface area contributed by atoms with Crippen molar-refractivity contribution in [3.63, 3.8) is 0 Å². The lowest BCUT2D eigenvalue weighted by atomic mass is 10.2. The minimum absolute atomic E-state index is 0.117. The Morgan fingerprint density at radius 3 is 2.25 bits per heavy atom. The molecule has 0 saturated heterocycles. The summed E-state index contributed by atoms with van der Waals surface area (Å²) >= 11 is 5.95. The van der Waals surface area contributed by atoms with Gasteiger partial charge < -0.3 is 10.1 Å². The van der Waals surface area contributed by atoms with Gasteiger partial charge in [0.05, 0.1) is 12.0 Å². The predicted octanol–water partition coefficient (Wildman–Crippen LogP) is 4.76. The fourth-order valence-corrected chi connectivity index (χ4v) is 4.35. The summed E-state index contributed by atoms with van der Waals surface area (Å²) in [6.45, 7) is 2.24. The molecule has 32 heavy (non-hydrogen) atoms. The standard InChI is InChI=1S/C23H21ClN4O3S/c1-16-3-13-21(14-4-16)32(29,30)28-23(25-15-17-5-9-19(24)10-6-17)26-22(27-28)18-7-11-20(31-2)12-8-18/h3-14H,15H2,1-2H3,(H,25,26,27). The van der Waals surface area contributed by atoms with E-state index in [2.05, 4.69) is 15.4 Å². The SMILES string of the molecule is COc1ccc(-c2nc(NCc3ccc(Cl)cc3)n(S(=O)(=O)c3ccc(C)cc3)n2)cc1. The third-order valence-corrected chi connectivity index (χ3v) is 6.67. The van der Waals surface area contributed by atoms with Crippen LogP contribution in [0, 0.1) is 6.92 Å². The normalized spacial score (nSPS) is 11.3. The molecule has 0 aliphatic heterocycles. The molecule has 0 spiro atoms. The average Bonchev–Trinajstić information content (AvgIpc) is 3.24. The number of hydrogen-bond donors (Lipinski definition) is 1. The van der Waals surface area contributed by atoms with Gasteiger partial charge in [0.1, 0.15) is 5.75 Å². The van der Waals surface area contributed by atoms with Gasteiger partial charge in [0.25, 0.3) is 10.0 Å². The van der Waals surface area contributed by atoms with Gasteiger partial charge in [-0.2, -0.15) is 13.4 Å². The lowest BCUT2D eigenvalue weighted by Gasteiger charge is -2.09. The zero-order chi connectivity index (χ0) is 22.7. The van der Waals surface area contributed by atoms with Crippen LogP contribution in [0.4, 0.5) is 5.95 Å². The van der Waals surface area contributed by atoms with Crippen LogP contribution in [0.5, 0.6) is 5.75 Å². The van der Waals surface area contributed by atoms with E-state index in [1.807, 2.05) is 19.1 Å². The maximum atomic E-state index is 13.4. The highest BCUT2D eigenvalue weighted by atomic mass is 35.5. The quantitative estimate of drug-likeness (QED) is 0.420. The maximum Gasteiger partial charge on any atom is 0.286 e. The number of rotatable bonds is 7. The summed E-state index contributed by atoms with van der Waals surface area (Å²) in [5, 5.41) is 8.04. The molecule has 0 atom stereocenters. The van der Waals surface area contributed by atoms with E-state index in [-0.39, 0.29) is 16.7 Å². The van der Waals surface area contributed by atoms with E-state index in [1.54, 1.807) is 67.8 Å². The van der Waals surface area contributed by atoms with Crippen LogP contribution in [0.25, 0.3) is 11.4 Å². The molecular formula is C23H21ClN4O3S. The Morgan fingerprint density at radius 1 is 0.969 bits per heavy atom. The molecule has 1 heterocycles. The van der Waals surface area contributed by atoms with Gasteiger partial charge >= 0.3 is 0 Å². The van der Waals surface area contributed by atoms with Gasteiger partial charge in [0.2, 0.25) is 5.95 Å². The fourth-order valence-electron chi connectivity index (χ4n) is 3.03. The van der Waals surface area contributed by atoms with Crippen LogP contribution in [-0.4, -0.2) is 29.7 Å². The van der Waals surface area contributed by atoms with Crippen molar-refractivity contribution in [1.82, 2.24) is 14.2 Å². The lowest BCUT2D eigenvalue weighted by Crippen LogP contribution is -2.18. The van der Waals surface area contributed by atoms with Gasteiger partial charge in [-0.3, -0.25) is 0 Å². The van der Waals surface area contributed by atoms with Crippen LogP contribution in [0.3, 0.4) is 0 Å². The Labute approximate surface area is 191 Å². The van der Waals surface area contributed by atoms with Crippen molar-refractivity contribution in [3.8, 4) is 17.1 Å².